The van der Waals surface area contributed by atoms with Crippen LogP contribution >= 0.6 is 0 Å². The topological polar surface area (TPSA) is 168 Å². The molecule has 0 saturated carbocycles. The van der Waals surface area contributed by atoms with Crippen LogP contribution in [0, 0.1) is 5.92 Å². The van der Waals surface area contributed by atoms with Gasteiger partial charge in [-0.25, -0.2) is 9.59 Å². The minimum atomic E-state index is -1.06. The first-order valence-corrected chi connectivity index (χ1v) is 8.77. The molecule has 148 valence electrons. The summed E-state index contributed by atoms with van der Waals surface area (Å²) in [7, 11) is 0. The van der Waals surface area contributed by atoms with E-state index >= 15 is 0 Å². The average molecular weight is 371 g/mol. The van der Waals surface area contributed by atoms with Crippen LogP contribution in [0.2, 0.25) is 0 Å². The molecule has 26 heavy (non-hydrogen) atoms. The Bertz CT molecular complexity index is 539. The summed E-state index contributed by atoms with van der Waals surface area (Å²) in [6, 6.07) is -3.24. The van der Waals surface area contributed by atoms with Gasteiger partial charge in [0.25, 0.3) is 0 Å². The van der Waals surface area contributed by atoms with Gasteiger partial charge < -0.3 is 32.1 Å². The summed E-state index contributed by atoms with van der Waals surface area (Å²) < 4.78 is 0. The zero-order chi connectivity index (χ0) is 19.9. The Morgan fingerprint density at radius 3 is 2.46 bits per heavy atom. The molecule has 3 atom stereocenters. The molecule has 10 heteroatoms. The number of nitrogens with one attached hydrogen (secondary N) is 2. The normalized spacial score (nSPS) is 19.1. The van der Waals surface area contributed by atoms with E-state index in [2.05, 4.69) is 10.6 Å². The maximum absolute atomic E-state index is 12.8. The third-order valence-electron chi connectivity index (χ3n) is 4.43. The van der Waals surface area contributed by atoms with E-state index in [1.807, 2.05) is 0 Å². The Hall–Kier alpha value is -2.36. The Morgan fingerprint density at radius 2 is 1.92 bits per heavy atom. The molecule has 0 aromatic heterocycles. The van der Waals surface area contributed by atoms with Gasteiger partial charge in [-0.1, -0.05) is 13.8 Å². The molecule has 0 radical (unpaired) electrons. The van der Waals surface area contributed by atoms with Crippen molar-refractivity contribution in [1.82, 2.24) is 15.5 Å². The molecule has 0 bridgehead atoms. The molecule has 1 aliphatic rings. The third-order valence-corrected chi connectivity index (χ3v) is 4.43. The highest BCUT2D eigenvalue weighted by Gasteiger charge is 2.37. The van der Waals surface area contributed by atoms with Gasteiger partial charge >= 0.3 is 12.0 Å². The van der Waals surface area contributed by atoms with Crippen molar-refractivity contribution >= 4 is 23.8 Å². The fourth-order valence-electron chi connectivity index (χ4n) is 2.83. The summed E-state index contributed by atoms with van der Waals surface area (Å²) in [5, 5.41) is 14.3. The van der Waals surface area contributed by atoms with E-state index in [1.165, 1.54) is 4.90 Å². The summed E-state index contributed by atoms with van der Waals surface area (Å²) in [5.41, 5.74) is 10.8. The van der Waals surface area contributed by atoms with E-state index in [4.69, 9.17) is 11.5 Å². The molecular formula is C16H29N5O5. The number of hydrogen-bond acceptors (Lipinski definition) is 5. The first-order chi connectivity index (χ1) is 12.1. The lowest BCUT2D eigenvalue weighted by molar-refractivity contribution is -0.149. The highest BCUT2D eigenvalue weighted by atomic mass is 16.4. The van der Waals surface area contributed by atoms with Crippen LogP contribution in [0.5, 0.6) is 0 Å². The van der Waals surface area contributed by atoms with Crippen molar-refractivity contribution in [3.63, 3.8) is 0 Å². The number of aliphatic carboxylic acids is 1. The van der Waals surface area contributed by atoms with Crippen molar-refractivity contribution in [3.05, 3.63) is 0 Å². The first kappa shape index (κ1) is 21.7. The molecule has 1 saturated heterocycles. The Morgan fingerprint density at radius 1 is 1.27 bits per heavy atom. The predicted molar refractivity (Wildman–Crippen MR) is 93.9 cm³/mol. The number of rotatable bonds is 9. The van der Waals surface area contributed by atoms with E-state index < -0.39 is 41.9 Å². The maximum Gasteiger partial charge on any atom is 0.326 e. The summed E-state index contributed by atoms with van der Waals surface area (Å²) in [4.78, 5) is 48.4. The van der Waals surface area contributed by atoms with Crippen molar-refractivity contribution < 1.29 is 24.3 Å². The highest BCUT2D eigenvalue weighted by molar-refractivity contribution is 5.92. The second-order valence-electron chi connectivity index (χ2n) is 6.79. The molecule has 1 rings (SSSR count). The quantitative estimate of drug-likeness (QED) is 0.325. The zero-order valence-electron chi connectivity index (χ0n) is 15.2. The number of carboxylic acids is 1. The minimum Gasteiger partial charge on any atom is -0.480 e. The van der Waals surface area contributed by atoms with Crippen LogP contribution in [-0.2, 0) is 14.4 Å². The predicted octanol–water partition coefficient (Wildman–Crippen LogP) is -1.02. The number of carbonyl (C=O) groups excluding carboxylic acids is 3. The van der Waals surface area contributed by atoms with Crippen LogP contribution in [0.15, 0.2) is 0 Å². The molecule has 0 aromatic carbocycles. The summed E-state index contributed by atoms with van der Waals surface area (Å²) in [6.07, 6.45) is 1.61. The lowest BCUT2D eigenvalue weighted by Gasteiger charge is -2.28. The monoisotopic (exact) mass is 371 g/mol. The second-order valence-corrected chi connectivity index (χ2v) is 6.79. The first-order valence-electron chi connectivity index (χ1n) is 8.77. The lowest BCUT2D eigenvalue weighted by Crippen LogP contribution is -2.55. The molecule has 0 spiro atoms. The fourth-order valence-corrected chi connectivity index (χ4v) is 2.83. The standard InChI is InChI=1S/C16H29N5O5/c1-9(2)12(17)13(22)20-10(5-3-7-19-16(18)26)14(23)21-8-4-6-11(21)15(24)25/h9-12H,3-8,17H2,1-2H3,(H,20,22)(H,24,25)(H3,18,19,26)/t10-,11-,12-/m0/s1. The number of likely N-dealkylation sites (tertiary alicyclic amines) is 1. The lowest BCUT2D eigenvalue weighted by atomic mass is 10.0. The van der Waals surface area contributed by atoms with Gasteiger partial charge in [-0.15, -0.1) is 0 Å². The van der Waals surface area contributed by atoms with Gasteiger partial charge in [0, 0.05) is 13.1 Å². The largest absolute Gasteiger partial charge is 0.480 e. The van der Waals surface area contributed by atoms with Crippen LogP contribution in [0.25, 0.3) is 0 Å². The smallest absolute Gasteiger partial charge is 0.326 e. The van der Waals surface area contributed by atoms with Crippen LogP contribution in [0.1, 0.15) is 39.5 Å². The number of urea groups is 1. The Labute approximate surface area is 152 Å². The molecule has 7 N–H and O–H groups in total. The van der Waals surface area contributed by atoms with Crippen molar-refractivity contribution in [2.75, 3.05) is 13.1 Å². The molecule has 0 unspecified atom stereocenters. The molecule has 10 nitrogen and oxygen atoms in total. The van der Waals surface area contributed by atoms with Crippen molar-refractivity contribution in [1.29, 1.82) is 0 Å². The number of amides is 4. The summed E-state index contributed by atoms with van der Waals surface area (Å²) in [6.45, 7) is 4.16. The maximum atomic E-state index is 12.8. The fraction of sp³-hybridized carbons (Fsp3) is 0.750. The van der Waals surface area contributed by atoms with Gasteiger partial charge in [-0.2, -0.15) is 0 Å². The molecule has 4 amide bonds. The molecular weight excluding hydrogens is 342 g/mol. The Kier molecular flexibility index (Phi) is 8.30. The van der Waals surface area contributed by atoms with E-state index in [1.54, 1.807) is 13.8 Å². The van der Waals surface area contributed by atoms with Crippen LogP contribution in [-0.4, -0.2) is 65.0 Å². The number of carboxylic acid groups (broad SMARTS) is 1. The minimum absolute atomic E-state index is 0.110. The number of nitrogens with two attached hydrogens (primary N) is 2. The number of nitrogens with zero attached hydrogens (tertiary/aromatic N) is 1. The molecule has 1 fully saturated rings. The van der Waals surface area contributed by atoms with Crippen molar-refractivity contribution in [2.45, 2.75) is 57.7 Å². The summed E-state index contributed by atoms with van der Waals surface area (Å²) >= 11 is 0. The summed E-state index contributed by atoms with van der Waals surface area (Å²) in [5.74, 6) is -2.08. The number of hydrogen-bond donors (Lipinski definition) is 5. The van der Waals surface area contributed by atoms with Crippen molar-refractivity contribution in [3.8, 4) is 0 Å². The average Bonchev–Trinajstić information content (AvgIpc) is 3.05. The zero-order valence-corrected chi connectivity index (χ0v) is 15.2. The molecule has 0 aliphatic carbocycles. The molecule has 1 aliphatic heterocycles. The van der Waals surface area contributed by atoms with E-state index in [9.17, 15) is 24.3 Å². The van der Waals surface area contributed by atoms with Gasteiger partial charge in [0.1, 0.15) is 12.1 Å². The third kappa shape index (κ3) is 6.17. The van der Waals surface area contributed by atoms with E-state index in [0.29, 0.717) is 25.8 Å². The van der Waals surface area contributed by atoms with Crippen LogP contribution < -0.4 is 22.1 Å². The van der Waals surface area contributed by atoms with Gasteiger partial charge in [-0.3, -0.25) is 9.59 Å². The van der Waals surface area contributed by atoms with Gasteiger partial charge in [0.05, 0.1) is 6.04 Å². The molecule has 0 aromatic rings. The SMILES string of the molecule is CC(C)[C@H](N)C(=O)N[C@@H](CCCNC(N)=O)C(=O)N1CCC[C@H]1C(=O)O. The van der Waals surface area contributed by atoms with E-state index in [0.717, 1.165) is 0 Å². The number of primary amides is 1. The van der Waals surface area contributed by atoms with Gasteiger partial charge in [0.15, 0.2) is 0 Å². The van der Waals surface area contributed by atoms with Crippen LogP contribution in [0.4, 0.5) is 4.79 Å². The van der Waals surface area contributed by atoms with E-state index in [-0.39, 0.29) is 18.9 Å². The van der Waals surface area contributed by atoms with Crippen LogP contribution in [0.3, 0.4) is 0 Å². The second kappa shape index (κ2) is 9.95. The number of carbonyl (C=O) groups is 4. The Balaban J connectivity index is 2.81. The van der Waals surface area contributed by atoms with Gasteiger partial charge in [-0.05, 0) is 31.6 Å². The highest BCUT2D eigenvalue weighted by Crippen LogP contribution is 2.19. The van der Waals surface area contributed by atoms with Crippen molar-refractivity contribution in [2.24, 2.45) is 17.4 Å². The molecule has 1 heterocycles. The van der Waals surface area contributed by atoms with Gasteiger partial charge in [0.2, 0.25) is 11.8 Å².